The Bertz CT molecular complexity index is 860. The van der Waals surface area contributed by atoms with E-state index in [0.717, 1.165) is 22.5 Å². The number of fused-ring (bicyclic) bond motifs is 1. The summed E-state index contributed by atoms with van der Waals surface area (Å²) >= 11 is 0. The van der Waals surface area contributed by atoms with Crippen molar-refractivity contribution in [3.63, 3.8) is 0 Å². The molecule has 1 heterocycles. The molecule has 26 heavy (non-hydrogen) atoms. The first-order valence-electron chi connectivity index (χ1n) is 9.03. The molecule has 0 bridgehead atoms. The highest BCUT2D eigenvalue weighted by Crippen LogP contribution is 2.29. The Balaban J connectivity index is 1.94. The lowest BCUT2D eigenvalue weighted by atomic mass is 10.1. The first-order valence-corrected chi connectivity index (χ1v) is 9.03. The van der Waals surface area contributed by atoms with Crippen molar-refractivity contribution in [2.24, 2.45) is 0 Å². The average molecular weight is 352 g/mol. The van der Waals surface area contributed by atoms with Gasteiger partial charge in [0, 0.05) is 28.7 Å². The van der Waals surface area contributed by atoms with Crippen LogP contribution in [0.1, 0.15) is 20.8 Å². The fraction of sp³-hybridized carbons (Fsp3) is 0.364. The van der Waals surface area contributed by atoms with Crippen LogP contribution in [-0.2, 0) is 6.54 Å². The molecular formula is C22H28N2O2. The molecule has 3 aromatic rings. The van der Waals surface area contributed by atoms with Gasteiger partial charge in [0.2, 0.25) is 0 Å². The number of ether oxygens (including phenoxy) is 1. The number of aromatic nitrogens is 1. The van der Waals surface area contributed by atoms with Crippen molar-refractivity contribution in [1.82, 2.24) is 9.88 Å². The van der Waals surface area contributed by atoms with Gasteiger partial charge in [-0.3, -0.25) is 0 Å². The van der Waals surface area contributed by atoms with Gasteiger partial charge >= 0.3 is 0 Å². The molecule has 0 saturated carbocycles. The molecule has 0 saturated heterocycles. The zero-order chi connectivity index (χ0) is 18.7. The van der Waals surface area contributed by atoms with Gasteiger partial charge in [0.15, 0.2) is 0 Å². The summed E-state index contributed by atoms with van der Waals surface area (Å²) in [5.74, 6) is 0.839. The van der Waals surface area contributed by atoms with E-state index < -0.39 is 6.10 Å². The van der Waals surface area contributed by atoms with Gasteiger partial charge in [-0.15, -0.1) is 0 Å². The number of hydrogen-bond acceptors (Lipinski definition) is 3. The second-order valence-electron chi connectivity index (χ2n) is 7.71. The van der Waals surface area contributed by atoms with Gasteiger partial charge < -0.3 is 19.7 Å². The van der Waals surface area contributed by atoms with Crippen molar-refractivity contribution in [1.29, 1.82) is 0 Å². The normalized spacial score (nSPS) is 13.1. The van der Waals surface area contributed by atoms with Crippen molar-refractivity contribution in [3.05, 3.63) is 54.6 Å². The predicted octanol–water partition coefficient (Wildman–Crippen LogP) is 4.07. The summed E-state index contributed by atoms with van der Waals surface area (Å²) in [6.07, 6.45) is -0.470. The van der Waals surface area contributed by atoms with Crippen LogP contribution < -0.4 is 10.1 Å². The Labute approximate surface area is 155 Å². The standard InChI is InChI=1S/C22H28N2O2/c1-22(2,3)23-14-18(25)15-24-20-8-6-5-7-17(20)13-21(24)16-9-11-19(26-4)12-10-16/h5-13,18,23,25H,14-15H2,1-4H3. The molecule has 1 unspecified atom stereocenters. The van der Waals surface area contributed by atoms with Crippen LogP contribution in [0.5, 0.6) is 5.75 Å². The number of aliphatic hydroxyl groups is 1. The van der Waals surface area contributed by atoms with Gasteiger partial charge in [-0.2, -0.15) is 0 Å². The Morgan fingerprint density at radius 3 is 2.42 bits per heavy atom. The quantitative estimate of drug-likeness (QED) is 0.703. The summed E-state index contributed by atoms with van der Waals surface area (Å²) in [7, 11) is 1.67. The third-order valence-corrected chi connectivity index (χ3v) is 4.46. The fourth-order valence-electron chi connectivity index (χ4n) is 3.11. The predicted molar refractivity (Wildman–Crippen MR) is 108 cm³/mol. The number of para-hydroxylation sites is 1. The van der Waals surface area contributed by atoms with Crippen LogP contribution in [0.3, 0.4) is 0 Å². The molecule has 4 heteroatoms. The van der Waals surface area contributed by atoms with E-state index in [0.29, 0.717) is 13.1 Å². The van der Waals surface area contributed by atoms with Crippen LogP contribution in [0.15, 0.2) is 54.6 Å². The zero-order valence-corrected chi connectivity index (χ0v) is 16.0. The van der Waals surface area contributed by atoms with Crippen molar-refractivity contribution in [3.8, 4) is 17.0 Å². The van der Waals surface area contributed by atoms with Crippen LogP contribution >= 0.6 is 0 Å². The number of β-amino-alcohol motifs (C(OH)–C–C–N with tert-alkyl or cyclic N) is 1. The largest absolute Gasteiger partial charge is 0.497 e. The molecule has 2 aromatic carbocycles. The molecule has 0 radical (unpaired) electrons. The molecule has 4 nitrogen and oxygen atoms in total. The molecule has 0 aliphatic carbocycles. The first-order chi connectivity index (χ1) is 12.4. The molecule has 1 aromatic heterocycles. The molecule has 2 N–H and O–H groups in total. The Kier molecular flexibility index (Phi) is 5.35. The lowest BCUT2D eigenvalue weighted by Crippen LogP contribution is -2.42. The summed E-state index contributed by atoms with van der Waals surface area (Å²) in [6.45, 7) is 7.41. The molecular weight excluding hydrogens is 324 g/mol. The fourth-order valence-corrected chi connectivity index (χ4v) is 3.11. The zero-order valence-electron chi connectivity index (χ0n) is 16.0. The Morgan fingerprint density at radius 1 is 1.08 bits per heavy atom. The van der Waals surface area contributed by atoms with Crippen molar-refractivity contribution < 1.29 is 9.84 Å². The van der Waals surface area contributed by atoms with Gasteiger partial charge in [-0.05, 0) is 62.7 Å². The SMILES string of the molecule is COc1ccc(-c2cc3ccccc3n2CC(O)CNC(C)(C)C)cc1. The molecule has 3 rings (SSSR count). The number of nitrogens with one attached hydrogen (secondary N) is 1. The molecule has 0 spiro atoms. The summed E-state index contributed by atoms with van der Waals surface area (Å²) in [5, 5.41) is 15.1. The van der Waals surface area contributed by atoms with Gasteiger partial charge in [-0.25, -0.2) is 0 Å². The van der Waals surface area contributed by atoms with E-state index in [9.17, 15) is 5.11 Å². The smallest absolute Gasteiger partial charge is 0.118 e. The third kappa shape index (κ3) is 4.26. The minimum atomic E-state index is -0.470. The van der Waals surface area contributed by atoms with Crippen molar-refractivity contribution in [2.75, 3.05) is 13.7 Å². The number of aliphatic hydroxyl groups excluding tert-OH is 1. The average Bonchev–Trinajstić information content (AvgIpc) is 2.98. The molecule has 0 aliphatic heterocycles. The number of hydrogen-bond donors (Lipinski definition) is 2. The van der Waals surface area contributed by atoms with Crippen LogP contribution in [0, 0.1) is 0 Å². The highest BCUT2D eigenvalue weighted by molar-refractivity contribution is 5.87. The van der Waals surface area contributed by atoms with Crippen molar-refractivity contribution >= 4 is 10.9 Å². The highest BCUT2D eigenvalue weighted by Gasteiger charge is 2.16. The second kappa shape index (κ2) is 7.52. The summed E-state index contributed by atoms with van der Waals surface area (Å²) in [4.78, 5) is 0. The maximum absolute atomic E-state index is 10.6. The van der Waals surface area contributed by atoms with E-state index in [1.165, 1.54) is 5.39 Å². The van der Waals surface area contributed by atoms with Gasteiger partial charge in [0.25, 0.3) is 0 Å². The molecule has 138 valence electrons. The van der Waals surface area contributed by atoms with E-state index in [4.69, 9.17) is 4.74 Å². The summed E-state index contributed by atoms with van der Waals surface area (Å²) in [5.41, 5.74) is 3.33. The summed E-state index contributed by atoms with van der Waals surface area (Å²) in [6, 6.07) is 18.5. The molecule has 0 fully saturated rings. The second-order valence-corrected chi connectivity index (χ2v) is 7.71. The minimum absolute atomic E-state index is 0.0153. The van der Waals surface area contributed by atoms with E-state index in [-0.39, 0.29) is 5.54 Å². The van der Waals surface area contributed by atoms with Crippen molar-refractivity contribution in [2.45, 2.75) is 39.0 Å². The monoisotopic (exact) mass is 352 g/mol. The molecule has 0 amide bonds. The maximum Gasteiger partial charge on any atom is 0.118 e. The number of rotatable bonds is 6. The first kappa shape index (κ1) is 18.5. The number of benzene rings is 2. The van der Waals surface area contributed by atoms with E-state index in [1.54, 1.807) is 7.11 Å². The van der Waals surface area contributed by atoms with E-state index >= 15 is 0 Å². The highest BCUT2D eigenvalue weighted by atomic mass is 16.5. The van der Waals surface area contributed by atoms with Crippen LogP contribution in [-0.4, -0.2) is 35.0 Å². The lowest BCUT2D eigenvalue weighted by Gasteiger charge is -2.24. The maximum atomic E-state index is 10.6. The number of methoxy groups -OCH3 is 1. The number of nitrogens with zero attached hydrogens (tertiary/aromatic N) is 1. The Morgan fingerprint density at radius 2 is 1.77 bits per heavy atom. The minimum Gasteiger partial charge on any atom is -0.497 e. The van der Waals surface area contributed by atoms with Gasteiger partial charge in [0.05, 0.1) is 19.8 Å². The molecule has 1 atom stereocenters. The van der Waals surface area contributed by atoms with E-state index in [2.05, 4.69) is 61.0 Å². The van der Waals surface area contributed by atoms with Gasteiger partial charge in [-0.1, -0.05) is 18.2 Å². The third-order valence-electron chi connectivity index (χ3n) is 4.46. The van der Waals surface area contributed by atoms with E-state index in [1.807, 2.05) is 24.3 Å². The Hall–Kier alpha value is -2.30. The topological polar surface area (TPSA) is 46.4 Å². The lowest BCUT2D eigenvalue weighted by molar-refractivity contribution is 0.144. The van der Waals surface area contributed by atoms with Crippen LogP contribution in [0.2, 0.25) is 0 Å². The summed E-state index contributed by atoms with van der Waals surface area (Å²) < 4.78 is 7.47. The molecule has 0 aliphatic rings. The van der Waals surface area contributed by atoms with Crippen LogP contribution in [0.25, 0.3) is 22.2 Å². The van der Waals surface area contributed by atoms with Gasteiger partial charge in [0.1, 0.15) is 5.75 Å². The van der Waals surface area contributed by atoms with Crippen LogP contribution in [0.4, 0.5) is 0 Å².